The van der Waals surface area contributed by atoms with Gasteiger partial charge in [0.2, 0.25) is 0 Å². The van der Waals surface area contributed by atoms with E-state index < -0.39 is 9.84 Å². The second-order valence-corrected chi connectivity index (χ2v) is 11.4. The van der Waals surface area contributed by atoms with E-state index in [0.29, 0.717) is 35.8 Å². The number of nitrogens with zero attached hydrogens (tertiary/aromatic N) is 2. The smallest absolute Gasteiger partial charge is 0.185 e. The number of sulfone groups is 1. The van der Waals surface area contributed by atoms with Crippen molar-refractivity contribution in [3.05, 3.63) is 63.5 Å². The minimum Gasteiger partial charge on any atom is -0.348 e. The summed E-state index contributed by atoms with van der Waals surface area (Å²) in [7, 11) is -3.34. The predicted molar refractivity (Wildman–Crippen MR) is 126 cm³/mol. The van der Waals surface area contributed by atoms with Gasteiger partial charge in [-0.15, -0.1) is 11.3 Å². The summed E-state index contributed by atoms with van der Waals surface area (Å²) in [6.07, 6.45) is 1.23. The first-order chi connectivity index (χ1) is 14.3. The molecule has 1 aromatic heterocycles. The number of benzene rings is 2. The van der Waals surface area contributed by atoms with Crippen molar-refractivity contribution in [2.75, 3.05) is 18.0 Å². The molecule has 158 valence electrons. The van der Waals surface area contributed by atoms with Crippen LogP contribution in [0.2, 0.25) is 5.02 Å². The number of thiazole rings is 1. The molecule has 3 aromatic rings. The average Bonchev–Trinajstić information content (AvgIpc) is 3.18. The zero-order chi connectivity index (χ0) is 21.5. The van der Waals surface area contributed by atoms with Crippen molar-refractivity contribution in [1.29, 1.82) is 0 Å². The van der Waals surface area contributed by atoms with Gasteiger partial charge in [-0.25, -0.2) is 13.4 Å². The van der Waals surface area contributed by atoms with Crippen LogP contribution in [0.5, 0.6) is 0 Å². The maximum Gasteiger partial charge on any atom is 0.185 e. The Bertz CT molecular complexity index is 1140. The van der Waals surface area contributed by atoms with E-state index in [1.807, 2.05) is 62.5 Å². The molecule has 4 nitrogen and oxygen atoms in total. The zero-order valence-corrected chi connectivity index (χ0v) is 19.7. The molecule has 0 unspecified atom stereocenters. The third-order valence-corrected chi connectivity index (χ3v) is 9.39. The van der Waals surface area contributed by atoms with E-state index in [-0.39, 0.29) is 5.25 Å². The first kappa shape index (κ1) is 21.3. The van der Waals surface area contributed by atoms with Gasteiger partial charge in [-0.3, -0.25) is 0 Å². The second-order valence-electron chi connectivity index (χ2n) is 7.98. The van der Waals surface area contributed by atoms with Crippen LogP contribution >= 0.6 is 22.9 Å². The lowest BCUT2D eigenvalue weighted by molar-refractivity contribution is 0.528. The highest BCUT2D eigenvalue weighted by atomic mass is 35.5. The minimum atomic E-state index is -3.34. The summed E-state index contributed by atoms with van der Waals surface area (Å²) in [5.41, 5.74) is 4.75. The topological polar surface area (TPSA) is 50.3 Å². The molecule has 7 heteroatoms. The summed E-state index contributed by atoms with van der Waals surface area (Å²) < 4.78 is 26.7. The van der Waals surface area contributed by atoms with E-state index in [4.69, 9.17) is 16.6 Å². The van der Waals surface area contributed by atoms with E-state index in [1.54, 1.807) is 11.3 Å². The number of anilines is 1. The Morgan fingerprint density at radius 1 is 1.03 bits per heavy atom. The first-order valence-corrected chi connectivity index (χ1v) is 12.8. The van der Waals surface area contributed by atoms with E-state index in [9.17, 15) is 8.42 Å². The Morgan fingerprint density at radius 3 is 2.23 bits per heavy atom. The summed E-state index contributed by atoms with van der Waals surface area (Å²) in [4.78, 5) is 7.49. The largest absolute Gasteiger partial charge is 0.348 e. The van der Waals surface area contributed by atoms with E-state index >= 15 is 0 Å². The highest BCUT2D eigenvalue weighted by Crippen LogP contribution is 2.33. The second kappa shape index (κ2) is 8.33. The van der Waals surface area contributed by atoms with Crippen LogP contribution in [0.25, 0.3) is 11.3 Å². The Morgan fingerprint density at radius 2 is 1.63 bits per heavy atom. The van der Waals surface area contributed by atoms with Gasteiger partial charge < -0.3 is 4.90 Å². The number of halogens is 1. The van der Waals surface area contributed by atoms with Crippen molar-refractivity contribution in [1.82, 2.24) is 4.98 Å². The molecule has 30 heavy (non-hydrogen) atoms. The van der Waals surface area contributed by atoms with Crippen molar-refractivity contribution >= 4 is 37.9 Å². The van der Waals surface area contributed by atoms with Gasteiger partial charge in [0.15, 0.2) is 15.0 Å². The maximum atomic E-state index is 13.4. The number of aromatic nitrogens is 1. The van der Waals surface area contributed by atoms with Crippen molar-refractivity contribution < 1.29 is 8.42 Å². The van der Waals surface area contributed by atoms with Crippen LogP contribution in [-0.4, -0.2) is 31.7 Å². The minimum absolute atomic E-state index is 0.343. The molecule has 0 bridgehead atoms. The first-order valence-electron chi connectivity index (χ1n) is 10.0. The highest BCUT2D eigenvalue weighted by Gasteiger charge is 2.34. The van der Waals surface area contributed by atoms with E-state index in [0.717, 1.165) is 33.1 Å². The molecule has 1 aliphatic heterocycles. The van der Waals surface area contributed by atoms with Crippen LogP contribution in [0.4, 0.5) is 5.13 Å². The van der Waals surface area contributed by atoms with E-state index in [1.165, 1.54) is 0 Å². The molecule has 1 saturated heterocycles. The molecule has 0 saturated carbocycles. The van der Waals surface area contributed by atoms with Gasteiger partial charge in [0.05, 0.1) is 15.8 Å². The van der Waals surface area contributed by atoms with Crippen LogP contribution in [0.3, 0.4) is 0 Å². The molecule has 0 amide bonds. The predicted octanol–water partition coefficient (Wildman–Crippen LogP) is 5.83. The lowest BCUT2D eigenvalue weighted by Crippen LogP contribution is -2.39. The Kier molecular flexibility index (Phi) is 5.93. The van der Waals surface area contributed by atoms with Gasteiger partial charge >= 0.3 is 0 Å². The van der Waals surface area contributed by atoms with Crippen LogP contribution in [0.15, 0.2) is 46.7 Å². The van der Waals surface area contributed by atoms with Crippen LogP contribution in [0, 0.1) is 20.8 Å². The SMILES string of the molecule is Cc1cc(C)c(S(=O)(=O)C2CCN(c3nc(-c4ccc(Cl)cc4)cs3)CC2)c(C)c1. The van der Waals surface area contributed by atoms with Gasteiger partial charge in [-0.2, -0.15) is 0 Å². The van der Waals surface area contributed by atoms with Crippen molar-refractivity contribution in [2.24, 2.45) is 0 Å². The third kappa shape index (κ3) is 4.13. The van der Waals surface area contributed by atoms with Crippen LogP contribution in [0.1, 0.15) is 29.5 Å². The molecule has 4 rings (SSSR count). The highest BCUT2D eigenvalue weighted by molar-refractivity contribution is 7.92. The fourth-order valence-electron chi connectivity index (χ4n) is 4.30. The molecule has 2 aromatic carbocycles. The standard InChI is InChI=1S/C23H25ClN2O2S2/c1-15-12-16(2)22(17(3)13-15)30(27,28)20-8-10-26(11-9-20)23-25-21(14-29-23)18-4-6-19(24)7-5-18/h4-7,12-14,20H,8-11H2,1-3H3. The fraction of sp³-hybridized carbons (Fsp3) is 0.348. The van der Waals surface area contributed by atoms with Gasteiger partial charge in [-0.1, -0.05) is 41.4 Å². The normalized spacial score (nSPS) is 15.5. The molecular formula is C23H25ClN2O2S2. The number of aryl methyl sites for hydroxylation is 3. The Balaban J connectivity index is 1.49. The molecule has 0 N–H and O–H groups in total. The van der Waals surface area contributed by atoms with Crippen molar-refractivity contribution in [3.63, 3.8) is 0 Å². The fourth-order valence-corrected chi connectivity index (χ4v) is 7.50. The molecule has 0 aliphatic carbocycles. The molecule has 0 atom stereocenters. The summed E-state index contributed by atoms with van der Waals surface area (Å²) >= 11 is 7.57. The number of piperidine rings is 1. The summed E-state index contributed by atoms with van der Waals surface area (Å²) in [6, 6.07) is 11.6. The van der Waals surface area contributed by atoms with Crippen molar-refractivity contribution in [2.45, 2.75) is 43.8 Å². The quantitative estimate of drug-likeness (QED) is 0.491. The Hall–Kier alpha value is -1.89. The average molecular weight is 461 g/mol. The molecule has 1 aliphatic rings. The number of hydrogen-bond donors (Lipinski definition) is 0. The summed E-state index contributed by atoms with van der Waals surface area (Å²) in [5, 5.41) is 3.35. The lowest BCUT2D eigenvalue weighted by Gasteiger charge is -2.32. The van der Waals surface area contributed by atoms with Gasteiger partial charge in [0, 0.05) is 29.1 Å². The molecule has 0 spiro atoms. The summed E-state index contributed by atoms with van der Waals surface area (Å²) in [6.45, 7) is 7.19. The molecule has 1 fully saturated rings. The van der Waals surface area contributed by atoms with Gasteiger partial charge in [0.1, 0.15) is 0 Å². The summed E-state index contributed by atoms with van der Waals surface area (Å²) in [5.74, 6) is 0. The molecule has 2 heterocycles. The number of hydrogen-bond acceptors (Lipinski definition) is 5. The molecular weight excluding hydrogens is 436 g/mol. The lowest BCUT2D eigenvalue weighted by atomic mass is 10.1. The van der Waals surface area contributed by atoms with Gasteiger partial charge in [0.25, 0.3) is 0 Å². The zero-order valence-electron chi connectivity index (χ0n) is 17.4. The van der Waals surface area contributed by atoms with E-state index in [2.05, 4.69) is 4.90 Å². The molecule has 0 radical (unpaired) electrons. The van der Waals surface area contributed by atoms with Crippen LogP contribution in [-0.2, 0) is 9.84 Å². The Labute approximate surface area is 187 Å². The van der Waals surface area contributed by atoms with Crippen molar-refractivity contribution in [3.8, 4) is 11.3 Å². The maximum absolute atomic E-state index is 13.4. The van der Waals surface area contributed by atoms with Crippen LogP contribution < -0.4 is 4.90 Å². The number of rotatable bonds is 4. The third-order valence-electron chi connectivity index (χ3n) is 5.67. The van der Waals surface area contributed by atoms with Gasteiger partial charge in [-0.05, 0) is 56.9 Å². The monoisotopic (exact) mass is 460 g/mol.